The van der Waals surface area contributed by atoms with Gasteiger partial charge in [-0.25, -0.2) is 0 Å². The van der Waals surface area contributed by atoms with Crippen LogP contribution in [0.3, 0.4) is 0 Å². The zero-order valence-electron chi connectivity index (χ0n) is 8.25. The van der Waals surface area contributed by atoms with E-state index in [1.807, 2.05) is 13.0 Å². The molecule has 1 N–H and O–H groups in total. The van der Waals surface area contributed by atoms with E-state index in [1.54, 1.807) is 6.07 Å². The monoisotopic (exact) mass is 267 g/mol. The number of hydrogen-bond donors (Lipinski definition) is 1. The Balaban J connectivity index is 3.21. The van der Waals surface area contributed by atoms with Crippen LogP contribution in [0.1, 0.15) is 22.3 Å². The first kappa shape index (κ1) is 11.7. The van der Waals surface area contributed by atoms with Gasteiger partial charge < -0.3 is 5.11 Å². The predicted molar refractivity (Wildman–Crippen MR) is 59.9 cm³/mol. The average Bonchev–Trinajstić information content (AvgIpc) is 2.19. The number of nitriles is 1. The summed E-state index contributed by atoms with van der Waals surface area (Å²) in [7, 11) is 0. The van der Waals surface area contributed by atoms with Crippen molar-refractivity contribution in [1.82, 2.24) is 0 Å². The third-order valence-electron chi connectivity index (χ3n) is 2.17. The predicted octanol–water partition coefficient (Wildman–Crippen LogP) is 2.39. The maximum atomic E-state index is 10.6. The van der Waals surface area contributed by atoms with E-state index in [1.165, 1.54) is 0 Å². The van der Waals surface area contributed by atoms with Crippen molar-refractivity contribution < 1.29 is 9.90 Å². The highest BCUT2D eigenvalue weighted by atomic mass is 79.9. The molecule has 0 amide bonds. The van der Waals surface area contributed by atoms with E-state index in [4.69, 9.17) is 10.4 Å². The standard InChI is InChI=1S/C11H10BrNO2/c1-7-2-9(5-12)10(6-13)3-8(7)4-11(14)15/h2-3H,4-5H2,1H3,(H,14,15). The summed E-state index contributed by atoms with van der Waals surface area (Å²) in [4.78, 5) is 10.6. The van der Waals surface area contributed by atoms with Crippen molar-refractivity contribution in [2.45, 2.75) is 18.7 Å². The maximum Gasteiger partial charge on any atom is 0.307 e. The lowest BCUT2D eigenvalue weighted by atomic mass is 9.99. The Kier molecular flexibility index (Phi) is 3.87. The normalized spacial score (nSPS) is 9.67. The lowest BCUT2D eigenvalue weighted by Gasteiger charge is -2.07. The first-order valence-corrected chi connectivity index (χ1v) is 5.51. The Morgan fingerprint density at radius 2 is 2.20 bits per heavy atom. The molecule has 0 bridgehead atoms. The van der Waals surface area contributed by atoms with Gasteiger partial charge in [-0.15, -0.1) is 0 Å². The van der Waals surface area contributed by atoms with Crippen LogP contribution in [0.15, 0.2) is 12.1 Å². The number of benzene rings is 1. The molecule has 0 saturated heterocycles. The van der Waals surface area contributed by atoms with Crippen LogP contribution in [0.5, 0.6) is 0 Å². The number of nitrogens with zero attached hydrogens (tertiary/aromatic N) is 1. The van der Waals surface area contributed by atoms with Gasteiger partial charge in [0.05, 0.1) is 18.1 Å². The summed E-state index contributed by atoms with van der Waals surface area (Å²) in [6, 6.07) is 5.57. The third-order valence-corrected chi connectivity index (χ3v) is 2.77. The van der Waals surface area contributed by atoms with E-state index < -0.39 is 5.97 Å². The van der Waals surface area contributed by atoms with Gasteiger partial charge in [-0.05, 0) is 29.7 Å². The van der Waals surface area contributed by atoms with E-state index in [-0.39, 0.29) is 6.42 Å². The van der Waals surface area contributed by atoms with Crippen molar-refractivity contribution >= 4 is 21.9 Å². The van der Waals surface area contributed by atoms with Gasteiger partial charge in [-0.3, -0.25) is 4.79 Å². The van der Waals surface area contributed by atoms with Gasteiger partial charge in [-0.2, -0.15) is 5.26 Å². The van der Waals surface area contributed by atoms with Crippen LogP contribution in [0.4, 0.5) is 0 Å². The first-order chi connectivity index (χ1) is 7.08. The Hall–Kier alpha value is -1.34. The van der Waals surface area contributed by atoms with Crippen LogP contribution in [-0.2, 0) is 16.5 Å². The molecule has 4 heteroatoms. The van der Waals surface area contributed by atoms with E-state index in [0.717, 1.165) is 11.1 Å². The van der Waals surface area contributed by atoms with Crippen molar-refractivity contribution in [2.24, 2.45) is 0 Å². The Labute approximate surface area is 96.5 Å². The highest BCUT2D eigenvalue weighted by Crippen LogP contribution is 2.19. The largest absolute Gasteiger partial charge is 0.481 e. The van der Waals surface area contributed by atoms with Gasteiger partial charge in [0.1, 0.15) is 0 Å². The minimum absolute atomic E-state index is 0.0386. The van der Waals surface area contributed by atoms with Crippen LogP contribution in [-0.4, -0.2) is 11.1 Å². The molecular formula is C11H10BrNO2. The van der Waals surface area contributed by atoms with Gasteiger partial charge in [-0.1, -0.05) is 22.0 Å². The van der Waals surface area contributed by atoms with Gasteiger partial charge >= 0.3 is 5.97 Å². The number of halogens is 1. The summed E-state index contributed by atoms with van der Waals surface area (Å²) in [5, 5.41) is 18.2. The quantitative estimate of drug-likeness (QED) is 0.856. The zero-order chi connectivity index (χ0) is 11.4. The molecule has 0 radical (unpaired) electrons. The molecule has 0 saturated carbocycles. The Morgan fingerprint density at radius 3 is 2.67 bits per heavy atom. The van der Waals surface area contributed by atoms with Crippen LogP contribution in [0, 0.1) is 18.3 Å². The second-order valence-electron chi connectivity index (χ2n) is 3.25. The molecule has 0 aliphatic carbocycles. The fourth-order valence-corrected chi connectivity index (χ4v) is 1.84. The molecule has 0 fully saturated rings. The molecule has 0 spiro atoms. The van der Waals surface area contributed by atoms with Gasteiger partial charge in [0.25, 0.3) is 0 Å². The van der Waals surface area contributed by atoms with Crippen LogP contribution < -0.4 is 0 Å². The second kappa shape index (κ2) is 4.94. The maximum absolute atomic E-state index is 10.6. The molecule has 0 aliphatic heterocycles. The highest BCUT2D eigenvalue weighted by molar-refractivity contribution is 9.08. The van der Waals surface area contributed by atoms with Gasteiger partial charge in [0, 0.05) is 5.33 Å². The summed E-state index contributed by atoms with van der Waals surface area (Å²) in [6.07, 6.45) is -0.0386. The first-order valence-electron chi connectivity index (χ1n) is 4.38. The molecule has 0 aliphatic rings. The van der Waals surface area contributed by atoms with Crippen molar-refractivity contribution in [1.29, 1.82) is 5.26 Å². The second-order valence-corrected chi connectivity index (χ2v) is 3.81. The smallest absolute Gasteiger partial charge is 0.307 e. The number of aryl methyl sites for hydroxylation is 1. The molecule has 3 nitrogen and oxygen atoms in total. The topological polar surface area (TPSA) is 61.1 Å². The average molecular weight is 268 g/mol. The molecule has 78 valence electrons. The van der Waals surface area contributed by atoms with Crippen LogP contribution in [0.2, 0.25) is 0 Å². The number of carboxylic acids is 1. The number of carboxylic acid groups (broad SMARTS) is 1. The van der Waals surface area contributed by atoms with E-state index >= 15 is 0 Å². The van der Waals surface area contributed by atoms with Crippen molar-refractivity contribution in [3.8, 4) is 6.07 Å². The Morgan fingerprint density at radius 1 is 1.53 bits per heavy atom. The lowest BCUT2D eigenvalue weighted by Crippen LogP contribution is -2.03. The molecule has 0 heterocycles. The highest BCUT2D eigenvalue weighted by Gasteiger charge is 2.09. The molecule has 1 rings (SSSR count). The fourth-order valence-electron chi connectivity index (χ4n) is 1.38. The molecule has 15 heavy (non-hydrogen) atoms. The van der Waals surface area contributed by atoms with Crippen molar-refractivity contribution in [3.05, 3.63) is 34.4 Å². The Bertz CT molecular complexity index is 435. The summed E-state index contributed by atoms with van der Waals surface area (Å²) in [5.41, 5.74) is 3.03. The zero-order valence-corrected chi connectivity index (χ0v) is 9.84. The molecule has 0 aromatic heterocycles. The lowest BCUT2D eigenvalue weighted by molar-refractivity contribution is -0.136. The van der Waals surface area contributed by atoms with Gasteiger partial charge in [0.15, 0.2) is 0 Å². The van der Waals surface area contributed by atoms with E-state index in [9.17, 15) is 4.79 Å². The SMILES string of the molecule is Cc1cc(CBr)c(C#N)cc1CC(=O)O. The molecule has 1 aromatic carbocycles. The minimum Gasteiger partial charge on any atom is -0.481 e. The summed E-state index contributed by atoms with van der Waals surface area (Å²) >= 11 is 3.29. The van der Waals surface area contributed by atoms with Crippen molar-refractivity contribution in [2.75, 3.05) is 0 Å². The number of hydrogen-bond acceptors (Lipinski definition) is 2. The molecular weight excluding hydrogens is 258 g/mol. The molecule has 0 atom stereocenters. The number of carbonyl (C=O) groups is 1. The molecule has 0 unspecified atom stereocenters. The van der Waals surface area contributed by atoms with Gasteiger partial charge in [0.2, 0.25) is 0 Å². The van der Waals surface area contributed by atoms with Crippen LogP contribution in [0.25, 0.3) is 0 Å². The third kappa shape index (κ3) is 2.80. The van der Waals surface area contributed by atoms with E-state index in [2.05, 4.69) is 22.0 Å². The van der Waals surface area contributed by atoms with Crippen molar-refractivity contribution in [3.63, 3.8) is 0 Å². The number of aliphatic carboxylic acids is 1. The summed E-state index contributed by atoms with van der Waals surface area (Å²) in [6.45, 7) is 1.85. The molecule has 1 aromatic rings. The fraction of sp³-hybridized carbons (Fsp3) is 0.273. The van der Waals surface area contributed by atoms with Crippen LogP contribution >= 0.6 is 15.9 Å². The summed E-state index contributed by atoms with van der Waals surface area (Å²) < 4.78 is 0. The number of alkyl halides is 1. The van der Waals surface area contributed by atoms with E-state index in [0.29, 0.717) is 16.5 Å². The number of rotatable bonds is 3. The summed E-state index contributed by atoms with van der Waals surface area (Å²) in [5.74, 6) is -0.881. The minimum atomic E-state index is -0.881.